The first-order valence-electron chi connectivity index (χ1n) is 7.22. The maximum absolute atomic E-state index is 5.93. The number of hydrogen-bond donors (Lipinski definition) is 1. The van der Waals surface area contributed by atoms with E-state index >= 15 is 0 Å². The molecule has 2 N–H and O–H groups in total. The van der Waals surface area contributed by atoms with Crippen LogP contribution < -0.4 is 5.73 Å². The van der Waals surface area contributed by atoms with Crippen LogP contribution in [0.25, 0.3) is 0 Å². The zero-order valence-corrected chi connectivity index (χ0v) is 12.5. The van der Waals surface area contributed by atoms with E-state index < -0.39 is 0 Å². The van der Waals surface area contributed by atoms with Gasteiger partial charge in [0.2, 0.25) is 0 Å². The van der Waals surface area contributed by atoms with Crippen LogP contribution in [-0.2, 0) is 13.0 Å². The maximum atomic E-state index is 5.93. The molecule has 18 heavy (non-hydrogen) atoms. The molecule has 2 rings (SSSR count). The van der Waals surface area contributed by atoms with E-state index in [1.165, 1.54) is 35.4 Å². The third-order valence-electron chi connectivity index (χ3n) is 4.21. The summed E-state index contributed by atoms with van der Waals surface area (Å²) in [5, 5.41) is 0. The zero-order chi connectivity index (χ0) is 13.0. The number of hydrogen-bond acceptors (Lipinski definition) is 3. The molecule has 1 aliphatic rings. The monoisotopic (exact) mass is 266 g/mol. The molecule has 1 aromatic rings. The normalized spacial score (nSPS) is 24.7. The topological polar surface area (TPSA) is 29.3 Å². The first-order chi connectivity index (χ1) is 8.74. The molecule has 2 nitrogen and oxygen atoms in total. The molecular formula is C15H26N2S. The van der Waals surface area contributed by atoms with Crippen molar-refractivity contribution in [3.8, 4) is 0 Å². The van der Waals surface area contributed by atoms with Crippen LogP contribution in [0.5, 0.6) is 0 Å². The molecule has 0 aromatic carbocycles. The summed E-state index contributed by atoms with van der Waals surface area (Å²) in [5.74, 6) is 0.703. The van der Waals surface area contributed by atoms with Crippen LogP contribution in [0, 0.1) is 5.92 Å². The van der Waals surface area contributed by atoms with Crippen molar-refractivity contribution < 1.29 is 0 Å². The summed E-state index contributed by atoms with van der Waals surface area (Å²) >= 11 is 1.96. The highest BCUT2D eigenvalue weighted by molar-refractivity contribution is 7.11. The van der Waals surface area contributed by atoms with Gasteiger partial charge in [-0.15, -0.1) is 11.3 Å². The van der Waals surface area contributed by atoms with Crippen LogP contribution in [0.2, 0.25) is 0 Å². The fourth-order valence-electron chi connectivity index (χ4n) is 3.10. The molecule has 1 saturated carbocycles. The van der Waals surface area contributed by atoms with Gasteiger partial charge in [-0.3, -0.25) is 4.90 Å². The van der Waals surface area contributed by atoms with Crippen molar-refractivity contribution in [2.75, 3.05) is 13.6 Å². The lowest BCUT2D eigenvalue weighted by Gasteiger charge is -2.37. The molecule has 0 saturated heterocycles. The Kier molecular flexibility index (Phi) is 5.22. The fraction of sp³-hybridized carbons (Fsp3) is 0.733. The standard InChI is InChI=1S/C15H26N2S/c1-3-13-8-9-14(18-13)11-17(2)15-7-5-4-6-12(15)10-16/h8-9,12,15H,3-7,10-11,16H2,1-2H3. The van der Waals surface area contributed by atoms with Crippen LogP contribution in [0.15, 0.2) is 12.1 Å². The van der Waals surface area contributed by atoms with E-state index in [1.807, 2.05) is 11.3 Å². The Morgan fingerprint density at radius 1 is 1.28 bits per heavy atom. The molecule has 1 fully saturated rings. The van der Waals surface area contributed by atoms with Gasteiger partial charge in [0.15, 0.2) is 0 Å². The van der Waals surface area contributed by atoms with Crippen molar-refractivity contribution in [3.05, 3.63) is 21.9 Å². The van der Waals surface area contributed by atoms with Crippen molar-refractivity contribution in [2.45, 2.75) is 51.6 Å². The molecule has 1 aliphatic carbocycles. The summed E-state index contributed by atoms with van der Waals surface area (Å²) in [4.78, 5) is 5.52. The third kappa shape index (κ3) is 3.34. The second-order valence-electron chi connectivity index (χ2n) is 5.48. The van der Waals surface area contributed by atoms with Crippen molar-refractivity contribution in [2.24, 2.45) is 11.7 Å². The number of nitrogens with zero attached hydrogens (tertiary/aromatic N) is 1. The zero-order valence-electron chi connectivity index (χ0n) is 11.7. The van der Waals surface area contributed by atoms with Gasteiger partial charge < -0.3 is 5.73 Å². The molecule has 0 radical (unpaired) electrons. The summed E-state index contributed by atoms with van der Waals surface area (Å²) < 4.78 is 0. The van der Waals surface area contributed by atoms with Gasteiger partial charge >= 0.3 is 0 Å². The SMILES string of the molecule is CCc1ccc(CN(C)C2CCCCC2CN)s1. The Balaban J connectivity index is 1.95. The molecule has 3 heteroatoms. The molecule has 0 spiro atoms. The van der Waals surface area contributed by atoms with Gasteiger partial charge in [-0.1, -0.05) is 19.8 Å². The van der Waals surface area contributed by atoms with E-state index in [0.717, 1.165) is 19.5 Å². The van der Waals surface area contributed by atoms with E-state index in [4.69, 9.17) is 5.73 Å². The summed E-state index contributed by atoms with van der Waals surface area (Å²) in [6.07, 6.45) is 6.53. The van der Waals surface area contributed by atoms with Crippen molar-refractivity contribution in [3.63, 3.8) is 0 Å². The van der Waals surface area contributed by atoms with Crippen LogP contribution in [-0.4, -0.2) is 24.5 Å². The summed E-state index contributed by atoms with van der Waals surface area (Å²) in [5.41, 5.74) is 5.93. The number of rotatable bonds is 5. The lowest BCUT2D eigenvalue weighted by atomic mass is 9.84. The van der Waals surface area contributed by atoms with Crippen LogP contribution >= 0.6 is 11.3 Å². The number of nitrogens with two attached hydrogens (primary N) is 1. The molecule has 2 unspecified atom stereocenters. The minimum atomic E-state index is 0.691. The van der Waals surface area contributed by atoms with Crippen molar-refractivity contribution >= 4 is 11.3 Å². The van der Waals surface area contributed by atoms with Gasteiger partial charge in [0.25, 0.3) is 0 Å². The van der Waals surface area contributed by atoms with Crippen LogP contribution in [0.1, 0.15) is 42.4 Å². The Morgan fingerprint density at radius 3 is 2.67 bits per heavy atom. The van der Waals surface area contributed by atoms with Crippen LogP contribution in [0.3, 0.4) is 0 Å². The summed E-state index contributed by atoms with van der Waals surface area (Å²) in [7, 11) is 2.27. The first-order valence-corrected chi connectivity index (χ1v) is 8.04. The van der Waals surface area contributed by atoms with Gasteiger partial charge in [-0.25, -0.2) is 0 Å². The largest absolute Gasteiger partial charge is 0.330 e. The lowest BCUT2D eigenvalue weighted by molar-refractivity contribution is 0.128. The van der Waals surface area contributed by atoms with E-state index in [0.29, 0.717) is 12.0 Å². The Hall–Kier alpha value is -0.380. The van der Waals surface area contributed by atoms with Gasteiger partial charge in [-0.05, 0) is 50.9 Å². The second kappa shape index (κ2) is 6.69. The third-order valence-corrected chi connectivity index (χ3v) is 5.42. The Morgan fingerprint density at radius 2 is 2.00 bits per heavy atom. The van der Waals surface area contributed by atoms with E-state index in [-0.39, 0.29) is 0 Å². The number of aryl methyl sites for hydroxylation is 1. The fourth-order valence-corrected chi connectivity index (χ4v) is 4.13. The minimum Gasteiger partial charge on any atom is -0.330 e. The molecule has 0 bridgehead atoms. The highest BCUT2D eigenvalue weighted by Crippen LogP contribution is 2.29. The highest BCUT2D eigenvalue weighted by Gasteiger charge is 2.27. The van der Waals surface area contributed by atoms with Crippen LogP contribution in [0.4, 0.5) is 0 Å². The maximum Gasteiger partial charge on any atom is 0.0328 e. The molecule has 102 valence electrons. The first kappa shape index (κ1) is 14.0. The van der Waals surface area contributed by atoms with Crippen molar-refractivity contribution in [1.82, 2.24) is 4.90 Å². The minimum absolute atomic E-state index is 0.691. The predicted molar refractivity (Wildman–Crippen MR) is 80.0 cm³/mol. The quantitative estimate of drug-likeness (QED) is 0.886. The summed E-state index contributed by atoms with van der Waals surface area (Å²) in [6.45, 7) is 4.16. The molecule has 1 heterocycles. The smallest absolute Gasteiger partial charge is 0.0328 e. The summed E-state index contributed by atoms with van der Waals surface area (Å²) in [6, 6.07) is 5.26. The average Bonchev–Trinajstić information content (AvgIpc) is 2.86. The lowest BCUT2D eigenvalue weighted by Crippen LogP contribution is -2.42. The van der Waals surface area contributed by atoms with E-state index in [2.05, 4.69) is 31.0 Å². The Labute approximate surface area is 115 Å². The van der Waals surface area contributed by atoms with Crippen molar-refractivity contribution in [1.29, 1.82) is 0 Å². The Bertz CT molecular complexity index is 361. The van der Waals surface area contributed by atoms with Gasteiger partial charge in [0.1, 0.15) is 0 Å². The molecule has 2 atom stereocenters. The number of thiophene rings is 1. The van der Waals surface area contributed by atoms with Gasteiger partial charge in [0.05, 0.1) is 0 Å². The average molecular weight is 266 g/mol. The highest BCUT2D eigenvalue weighted by atomic mass is 32.1. The van der Waals surface area contributed by atoms with Gasteiger partial charge in [0, 0.05) is 22.3 Å². The molecule has 0 amide bonds. The second-order valence-corrected chi connectivity index (χ2v) is 6.74. The van der Waals surface area contributed by atoms with Gasteiger partial charge in [-0.2, -0.15) is 0 Å². The van der Waals surface area contributed by atoms with E-state index in [9.17, 15) is 0 Å². The molecule has 1 aromatic heterocycles. The molecule has 0 aliphatic heterocycles. The molecular weight excluding hydrogens is 240 g/mol. The van der Waals surface area contributed by atoms with E-state index in [1.54, 1.807) is 0 Å². The predicted octanol–water partition coefficient (Wildman–Crippen LogP) is 3.26.